The van der Waals surface area contributed by atoms with Gasteiger partial charge in [0.25, 0.3) is 0 Å². The Kier molecular flexibility index (Phi) is 23.0. The van der Waals surface area contributed by atoms with E-state index in [-0.39, 0.29) is 30.2 Å². The summed E-state index contributed by atoms with van der Waals surface area (Å²) in [5, 5.41) is 66.7. The van der Waals surface area contributed by atoms with Gasteiger partial charge < -0.3 is 34.0 Å². The van der Waals surface area contributed by atoms with Gasteiger partial charge in [0.05, 0.1) is 109 Å². The molecule has 24 rings (SSSR count). The number of rotatable bonds is 17. The van der Waals surface area contributed by atoms with Gasteiger partial charge in [-0.15, -0.1) is 0 Å². The lowest BCUT2D eigenvalue weighted by atomic mass is 9.81. The number of hydrogen-bond acceptors (Lipinski definition) is 25. The van der Waals surface area contributed by atoms with E-state index in [1.54, 1.807) is 92.2 Å². The van der Waals surface area contributed by atoms with Gasteiger partial charge in [0.1, 0.15) is 41.7 Å². The predicted molar refractivity (Wildman–Crippen MR) is 496 cm³/mol. The van der Waals surface area contributed by atoms with E-state index in [0.717, 1.165) is 163 Å². The fraction of sp³-hybridized carbons (Fsp3) is 0.310. The lowest BCUT2D eigenvalue weighted by Crippen LogP contribution is -2.73. The topological polar surface area (TPSA) is 321 Å². The minimum atomic E-state index is -1.01. The lowest BCUT2D eigenvalue weighted by Gasteiger charge is -2.60. The summed E-state index contributed by atoms with van der Waals surface area (Å²) in [7, 11) is 10.5. The average molecular weight is 1740 g/mol. The number of ether oxygens (including phenoxy) is 3. The lowest BCUT2D eigenvalue weighted by molar-refractivity contribution is -0.0897. The van der Waals surface area contributed by atoms with Gasteiger partial charge >= 0.3 is 0 Å². The molecule has 0 amide bonds. The van der Waals surface area contributed by atoms with Crippen LogP contribution >= 0.6 is 0 Å². The first-order chi connectivity index (χ1) is 63.6. The number of hydrogen-bond donors (Lipinski definition) is 1. The number of aromatic nitrogens is 18. The maximum Gasteiger partial charge on any atom is 0.214 e. The molecule has 31 nitrogen and oxygen atoms in total. The Morgan fingerprint density at radius 3 is 1.02 bits per heavy atom. The fourth-order valence-corrected chi connectivity index (χ4v) is 19.2. The van der Waals surface area contributed by atoms with Crippen LogP contribution in [0.25, 0.3) is 83.3 Å². The predicted octanol–water partition coefficient (Wildman–Crippen LogP) is 11.7. The summed E-state index contributed by atoms with van der Waals surface area (Å²) in [5.41, 5.74) is 16.8. The normalized spacial score (nSPS) is 18.5. The maximum absolute atomic E-state index is 11.1. The second-order valence-electron chi connectivity index (χ2n) is 34.9. The molecular formula is C100H95N27O4. The van der Waals surface area contributed by atoms with Crippen LogP contribution in [0.15, 0.2) is 203 Å². The summed E-state index contributed by atoms with van der Waals surface area (Å²) >= 11 is 0. The molecule has 9 saturated heterocycles. The van der Waals surface area contributed by atoms with E-state index in [1.807, 2.05) is 146 Å². The van der Waals surface area contributed by atoms with Crippen molar-refractivity contribution in [1.29, 1.82) is 15.8 Å². The van der Waals surface area contributed by atoms with Gasteiger partial charge in [-0.05, 0) is 119 Å². The van der Waals surface area contributed by atoms with Crippen molar-refractivity contribution < 1.29 is 19.3 Å². The quantitative estimate of drug-likeness (QED) is 0.0828. The molecule has 6 bridgehead atoms. The fourth-order valence-electron chi connectivity index (χ4n) is 19.2. The number of nitriles is 3. The molecule has 9 unspecified atom stereocenters. The first kappa shape index (κ1) is 84.9. The number of aliphatic hydroxyl groups is 1. The summed E-state index contributed by atoms with van der Waals surface area (Å²) in [6.45, 7) is 15.6. The Labute approximate surface area is 758 Å². The minimum Gasteiger partial charge on any atom is -0.481 e. The van der Waals surface area contributed by atoms with Crippen molar-refractivity contribution >= 4 is 34.0 Å². The Morgan fingerprint density at radius 2 is 0.710 bits per heavy atom. The average Bonchev–Trinajstić information content (AvgIpc) is 1.65. The molecule has 0 spiro atoms. The Morgan fingerprint density at radius 1 is 0.374 bits per heavy atom. The molecule has 9 aliphatic rings. The summed E-state index contributed by atoms with van der Waals surface area (Å²) in [4.78, 5) is 41.7. The van der Waals surface area contributed by atoms with Gasteiger partial charge in [0.2, 0.25) is 17.6 Å². The Balaban J connectivity index is 0.000000127. The second kappa shape index (κ2) is 35.6. The van der Waals surface area contributed by atoms with Crippen LogP contribution in [0.2, 0.25) is 0 Å². The summed E-state index contributed by atoms with van der Waals surface area (Å²) in [5.74, 6) is 25.1. The van der Waals surface area contributed by atoms with Crippen LogP contribution in [0, 0.1) is 75.4 Å². The standard InChI is InChI=1S/C34H33N9O2.C34H33N9O.C32H29N9O/c1-34(2,44)30(7-5-22-9-10-36-32(11-22)45-4)43-27-13-28(43)21-41(20-27)31-8-6-23(15-37-31)29-12-24(26-17-38-40(3)18-26)19-42-33(29)25(14-35)16-39-42;1-22(2)31(7-5-23-9-10-36-33(11-23)44-4)43-28-13-29(43)21-41(20-28)32-8-6-24(15-37-32)30-12-25(27-17-38-40(3)18-27)19-42-34(30)26(14-35)16-39-42;1-21(4-5-22-8-9-34-31(10-22)42-3)41-27-12-28(41)20-39(19-27)30-7-6-23(14-35-30)29-11-24(26-16-36-38(2)17-26)18-40-32(29)25(13-33)15-37-40/h6,8-12,15-19,27-28,30,44H,13,20-21H2,1-4H3;6,8-12,15-19,22,28-29,31H,13,20-21H2,1-4H3;6-11,14-18,21,27-28H,12,19-20H2,1-3H3. The Bertz CT molecular complexity index is 7130. The molecule has 0 aromatic carbocycles. The van der Waals surface area contributed by atoms with E-state index in [0.29, 0.717) is 64.4 Å². The molecule has 9 fully saturated rings. The van der Waals surface area contributed by atoms with Gasteiger partial charge in [-0.25, -0.2) is 43.5 Å². The van der Waals surface area contributed by atoms with Gasteiger partial charge in [-0.1, -0.05) is 49.4 Å². The smallest absolute Gasteiger partial charge is 0.214 e. The SMILES string of the molecule is COc1cc(C#CC(C(C)C)N2C3CC2CN(c2ccc(-c4cc(-c5cnn(C)c5)cn5ncc(C#N)c45)cn2)C3)ccn1.COc1cc(C#CC(C)N2C3CC2CN(c2ccc(-c4cc(-c5cnn(C)c5)cn5ncc(C#N)c45)cn2)C3)ccn1.COc1cc(C#CC(N2C3CC2CN(c2ccc(-c4cc(-c5cnn(C)c5)cn5ncc(C#N)c45)cn2)C3)C(C)(C)O)ccn1. The maximum atomic E-state index is 11.1. The zero-order chi connectivity index (χ0) is 90.5. The molecule has 0 radical (unpaired) electrons. The molecule has 15 aromatic heterocycles. The first-order valence-corrected chi connectivity index (χ1v) is 43.6. The van der Waals surface area contributed by atoms with Crippen LogP contribution in [0.3, 0.4) is 0 Å². The van der Waals surface area contributed by atoms with E-state index in [2.05, 4.69) is 198 Å². The number of pyridine rings is 9. The van der Waals surface area contributed by atoms with E-state index in [1.165, 1.54) is 12.8 Å². The summed E-state index contributed by atoms with van der Waals surface area (Å²) in [6.07, 6.45) is 36.2. The highest BCUT2D eigenvalue weighted by Gasteiger charge is 2.52. The molecular weight excluding hydrogens is 1640 g/mol. The number of piperidine rings is 3. The highest BCUT2D eigenvalue weighted by atomic mass is 16.5. The number of nitrogens with zero attached hydrogens (tertiary/aromatic N) is 27. The molecule has 654 valence electrons. The van der Waals surface area contributed by atoms with Gasteiger partial charge in [0, 0.05) is 273 Å². The molecule has 0 aliphatic carbocycles. The van der Waals surface area contributed by atoms with Gasteiger partial charge in [-0.2, -0.15) is 46.4 Å². The van der Waals surface area contributed by atoms with Crippen LogP contribution in [0.4, 0.5) is 17.5 Å². The van der Waals surface area contributed by atoms with Crippen molar-refractivity contribution in [2.75, 3.05) is 75.3 Å². The minimum absolute atomic E-state index is 0.157. The summed E-state index contributed by atoms with van der Waals surface area (Å²) in [6, 6.07) is 39.1. The molecule has 131 heavy (non-hydrogen) atoms. The molecule has 24 heterocycles. The van der Waals surface area contributed by atoms with Crippen LogP contribution in [-0.2, 0) is 21.1 Å². The third kappa shape index (κ3) is 17.0. The third-order valence-corrected chi connectivity index (χ3v) is 25.6. The van der Waals surface area contributed by atoms with Crippen LogP contribution in [-0.4, -0.2) is 228 Å². The summed E-state index contributed by atoms with van der Waals surface area (Å²) < 4.78 is 26.3. The van der Waals surface area contributed by atoms with Crippen LogP contribution < -0.4 is 28.9 Å². The van der Waals surface area contributed by atoms with Gasteiger partial charge in [0.15, 0.2) is 0 Å². The van der Waals surface area contributed by atoms with Crippen molar-refractivity contribution in [1.82, 2.24) is 103 Å². The molecule has 15 aromatic rings. The Hall–Kier alpha value is -15.6. The molecule has 9 aliphatic heterocycles. The number of fused-ring (bicyclic) bond motifs is 9. The van der Waals surface area contributed by atoms with Gasteiger partial charge in [-0.3, -0.25) is 28.7 Å². The van der Waals surface area contributed by atoms with Crippen molar-refractivity contribution in [3.05, 3.63) is 236 Å². The number of piperazine rings is 3. The van der Waals surface area contributed by atoms with E-state index < -0.39 is 5.60 Å². The van der Waals surface area contributed by atoms with E-state index in [9.17, 15) is 20.9 Å². The molecule has 31 heteroatoms. The second-order valence-corrected chi connectivity index (χ2v) is 34.9. The zero-order valence-electron chi connectivity index (χ0n) is 74.4. The van der Waals surface area contributed by atoms with E-state index in [4.69, 9.17) is 29.2 Å². The van der Waals surface area contributed by atoms with E-state index >= 15 is 0 Å². The number of aryl methyl sites for hydroxylation is 3. The molecule has 0 saturated carbocycles. The monoisotopic (exact) mass is 1740 g/mol. The molecule has 9 atom stereocenters. The van der Waals surface area contributed by atoms with Crippen molar-refractivity contribution in [2.45, 2.75) is 114 Å². The van der Waals surface area contributed by atoms with Crippen LogP contribution in [0.1, 0.15) is 87.3 Å². The van der Waals surface area contributed by atoms with Crippen LogP contribution in [0.5, 0.6) is 17.6 Å². The zero-order valence-corrected chi connectivity index (χ0v) is 74.4. The largest absolute Gasteiger partial charge is 0.481 e. The first-order valence-electron chi connectivity index (χ1n) is 43.6. The highest BCUT2D eigenvalue weighted by molar-refractivity contribution is 5.90. The number of anilines is 3. The third-order valence-electron chi connectivity index (χ3n) is 25.6. The molecule has 1 N–H and O–H groups in total. The highest BCUT2D eigenvalue weighted by Crippen LogP contribution is 2.44. The number of methoxy groups -OCH3 is 3. The van der Waals surface area contributed by atoms with Crippen molar-refractivity contribution in [3.8, 4) is 138 Å². The van der Waals surface area contributed by atoms with Crippen molar-refractivity contribution in [2.24, 2.45) is 27.1 Å². The van der Waals surface area contributed by atoms with Crippen molar-refractivity contribution in [3.63, 3.8) is 0 Å².